The second-order valence-electron chi connectivity index (χ2n) is 3.04. The van der Waals surface area contributed by atoms with E-state index < -0.39 is 0 Å². The normalized spacial score (nSPS) is 10.5. The van der Waals surface area contributed by atoms with Gasteiger partial charge in [0, 0.05) is 10.6 Å². The Morgan fingerprint density at radius 1 is 1.47 bits per heavy atom. The number of benzene rings is 1. The van der Waals surface area contributed by atoms with Gasteiger partial charge in [-0.3, -0.25) is 0 Å². The van der Waals surface area contributed by atoms with Crippen LogP contribution in [0.2, 0.25) is 0 Å². The quantitative estimate of drug-likeness (QED) is 0.797. The maximum absolute atomic E-state index is 13.1. The molecule has 0 spiro atoms. The Kier molecular flexibility index (Phi) is 2.64. The van der Waals surface area contributed by atoms with Crippen LogP contribution in [0.15, 0.2) is 39.1 Å². The Hall–Kier alpha value is -1.49. The molecule has 0 radical (unpaired) electrons. The smallest absolute Gasteiger partial charge is 0.260 e. The minimum Gasteiger partial charge on any atom is -0.440 e. The molecule has 5 heteroatoms. The number of hydrogen-bond donors (Lipinski definition) is 1. The first-order valence-corrected chi connectivity index (χ1v) is 5.11. The van der Waals surface area contributed by atoms with Crippen LogP contribution in [0.3, 0.4) is 0 Å². The van der Waals surface area contributed by atoms with Crippen molar-refractivity contribution in [2.75, 3.05) is 5.73 Å². The summed E-state index contributed by atoms with van der Waals surface area (Å²) in [4.78, 5) is 4.70. The fourth-order valence-corrected chi connectivity index (χ4v) is 1.93. The summed E-state index contributed by atoms with van der Waals surface area (Å²) >= 11 is 1.27. The SMILES string of the molecule is Cc1cc(Sc2ncco2)c(N)cc1F. The maximum atomic E-state index is 13.1. The van der Waals surface area contributed by atoms with Crippen molar-refractivity contribution in [2.45, 2.75) is 17.0 Å². The van der Waals surface area contributed by atoms with Crippen LogP contribution in [0.4, 0.5) is 10.1 Å². The average molecular weight is 224 g/mol. The van der Waals surface area contributed by atoms with Crippen LogP contribution in [-0.4, -0.2) is 4.98 Å². The molecule has 0 unspecified atom stereocenters. The number of aromatic nitrogens is 1. The number of aryl methyl sites for hydroxylation is 1. The second-order valence-corrected chi connectivity index (χ2v) is 4.03. The zero-order valence-corrected chi connectivity index (χ0v) is 8.84. The van der Waals surface area contributed by atoms with E-state index in [0.717, 1.165) is 4.90 Å². The van der Waals surface area contributed by atoms with Crippen LogP contribution in [0.1, 0.15) is 5.56 Å². The summed E-state index contributed by atoms with van der Waals surface area (Å²) in [6, 6.07) is 2.99. The molecular weight excluding hydrogens is 215 g/mol. The lowest BCUT2D eigenvalue weighted by molar-refractivity contribution is 0.454. The van der Waals surface area contributed by atoms with Crippen LogP contribution in [0, 0.1) is 12.7 Å². The topological polar surface area (TPSA) is 52.0 Å². The Labute approximate surface area is 90.5 Å². The molecule has 1 aromatic carbocycles. The molecule has 0 aliphatic heterocycles. The first kappa shape index (κ1) is 10.0. The van der Waals surface area contributed by atoms with E-state index in [2.05, 4.69) is 4.98 Å². The maximum Gasteiger partial charge on any atom is 0.260 e. The monoisotopic (exact) mass is 224 g/mol. The number of nitrogens with two attached hydrogens (primary N) is 1. The highest BCUT2D eigenvalue weighted by Gasteiger charge is 2.08. The van der Waals surface area contributed by atoms with Crippen molar-refractivity contribution in [3.05, 3.63) is 36.0 Å². The Balaban J connectivity index is 2.33. The van der Waals surface area contributed by atoms with Gasteiger partial charge in [-0.1, -0.05) is 0 Å². The summed E-state index contributed by atoms with van der Waals surface area (Å²) in [6.45, 7) is 1.69. The first-order valence-electron chi connectivity index (χ1n) is 4.30. The van der Waals surface area contributed by atoms with Crippen molar-refractivity contribution in [3.63, 3.8) is 0 Å². The third-order valence-corrected chi connectivity index (χ3v) is 2.85. The molecule has 0 aliphatic carbocycles. The molecule has 1 aromatic heterocycles. The van der Waals surface area contributed by atoms with Crippen LogP contribution in [0.5, 0.6) is 0 Å². The molecule has 15 heavy (non-hydrogen) atoms. The van der Waals surface area contributed by atoms with Gasteiger partial charge < -0.3 is 10.2 Å². The zero-order chi connectivity index (χ0) is 10.8. The first-order chi connectivity index (χ1) is 7.16. The standard InChI is InChI=1S/C10H9FN2OS/c1-6-4-9(8(12)5-7(6)11)15-10-13-2-3-14-10/h2-5H,12H2,1H3. The predicted molar refractivity (Wildman–Crippen MR) is 56.2 cm³/mol. The molecule has 0 atom stereocenters. The fourth-order valence-electron chi connectivity index (χ4n) is 1.11. The van der Waals surface area contributed by atoms with Crippen molar-refractivity contribution < 1.29 is 8.81 Å². The van der Waals surface area contributed by atoms with Gasteiger partial charge in [0.25, 0.3) is 5.22 Å². The van der Waals surface area contributed by atoms with E-state index in [1.165, 1.54) is 24.1 Å². The highest BCUT2D eigenvalue weighted by atomic mass is 32.2. The highest BCUT2D eigenvalue weighted by molar-refractivity contribution is 7.99. The van der Waals surface area contributed by atoms with Crippen molar-refractivity contribution >= 4 is 17.4 Å². The van der Waals surface area contributed by atoms with Gasteiger partial charge in [-0.25, -0.2) is 9.37 Å². The summed E-state index contributed by atoms with van der Waals surface area (Å²) in [5, 5.41) is 0.493. The Morgan fingerprint density at radius 3 is 2.93 bits per heavy atom. The van der Waals surface area contributed by atoms with Crippen LogP contribution in [-0.2, 0) is 0 Å². The van der Waals surface area contributed by atoms with Gasteiger partial charge >= 0.3 is 0 Å². The number of rotatable bonds is 2. The molecule has 0 amide bonds. The number of hydrogen-bond acceptors (Lipinski definition) is 4. The molecule has 0 fully saturated rings. The molecule has 78 valence electrons. The van der Waals surface area contributed by atoms with Crippen LogP contribution >= 0.6 is 11.8 Å². The van der Waals surface area contributed by atoms with E-state index in [1.807, 2.05) is 0 Å². The lowest BCUT2D eigenvalue weighted by atomic mass is 10.2. The second kappa shape index (κ2) is 3.94. The molecular formula is C10H9FN2OS. The molecule has 0 saturated carbocycles. The predicted octanol–water partition coefficient (Wildman–Crippen LogP) is 2.86. The van der Waals surface area contributed by atoms with Crippen LogP contribution < -0.4 is 5.73 Å². The van der Waals surface area contributed by atoms with E-state index in [-0.39, 0.29) is 5.82 Å². The van der Waals surface area contributed by atoms with Gasteiger partial charge in [-0.15, -0.1) is 0 Å². The lowest BCUT2D eigenvalue weighted by Crippen LogP contribution is -1.92. The average Bonchev–Trinajstić information content (AvgIpc) is 2.67. The molecule has 0 saturated heterocycles. The number of nitrogens with zero attached hydrogens (tertiary/aromatic N) is 1. The number of oxazole rings is 1. The molecule has 2 N–H and O–H groups in total. The number of anilines is 1. The summed E-state index contributed by atoms with van der Waals surface area (Å²) in [7, 11) is 0. The largest absolute Gasteiger partial charge is 0.440 e. The van der Waals surface area contributed by atoms with E-state index in [9.17, 15) is 4.39 Å². The van der Waals surface area contributed by atoms with E-state index in [1.54, 1.807) is 19.2 Å². The minimum atomic E-state index is -0.302. The van der Waals surface area contributed by atoms with E-state index in [4.69, 9.17) is 10.2 Å². The molecule has 2 rings (SSSR count). The van der Waals surface area contributed by atoms with Crippen LogP contribution in [0.25, 0.3) is 0 Å². The lowest BCUT2D eigenvalue weighted by Gasteiger charge is -2.04. The number of halogens is 1. The summed E-state index contributed by atoms with van der Waals surface area (Å²) < 4.78 is 18.2. The fraction of sp³-hybridized carbons (Fsp3) is 0.100. The van der Waals surface area contributed by atoms with Gasteiger partial charge in [-0.05, 0) is 36.4 Å². The molecule has 1 heterocycles. The molecule has 0 bridgehead atoms. The third kappa shape index (κ3) is 2.12. The number of nitrogen functional groups attached to an aromatic ring is 1. The molecule has 3 nitrogen and oxygen atoms in total. The Bertz CT molecular complexity index is 471. The van der Waals surface area contributed by atoms with Gasteiger partial charge in [0.05, 0.1) is 6.20 Å². The van der Waals surface area contributed by atoms with Gasteiger partial charge in [-0.2, -0.15) is 0 Å². The summed E-state index contributed by atoms with van der Waals surface area (Å²) in [5.74, 6) is -0.302. The summed E-state index contributed by atoms with van der Waals surface area (Å²) in [5.41, 5.74) is 6.62. The molecule has 0 aliphatic rings. The van der Waals surface area contributed by atoms with Crippen molar-refractivity contribution in [3.8, 4) is 0 Å². The Morgan fingerprint density at radius 2 is 2.27 bits per heavy atom. The van der Waals surface area contributed by atoms with Crippen molar-refractivity contribution in [2.24, 2.45) is 0 Å². The van der Waals surface area contributed by atoms with Gasteiger partial charge in [0.15, 0.2) is 0 Å². The molecule has 2 aromatic rings. The van der Waals surface area contributed by atoms with E-state index in [0.29, 0.717) is 16.5 Å². The summed E-state index contributed by atoms with van der Waals surface area (Å²) in [6.07, 6.45) is 3.03. The highest BCUT2D eigenvalue weighted by Crippen LogP contribution is 2.32. The van der Waals surface area contributed by atoms with Crippen molar-refractivity contribution in [1.29, 1.82) is 0 Å². The van der Waals surface area contributed by atoms with Gasteiger partial charge in [0.2, 0.25) is 0 Å². The van der Waals surface area contributed by atoms with Gasteiger partial charge in [0.1, 0.15) is 12.1 Å². The van der Waals surface area contributed by atoms with Crippen molar-refractivity contribution in [1.82, 2.24) is 4.98 Å². The zero-order valence-electron chi connectivity index (χ0n) is 8.03. The third-order valence-electron chi connectivity index (χ3n) is 1.90. The van der Waals surface area contributed by atoms with E-state index >= 15 is 0 Å². The minimum absolute atomic E-state index is 0.302.